The predicted molar refractivity (Wildman–Crippen MR) is 51.0 cm³/mol. The molecule has 0 amide bonds. The lowest BCUT2D eigenvalue weighted by Gasteiger charge is -2.17. The van der Waals surface area contributed by atoms with E-state index in [2.05, 4.69) is 21.9 Å². The number of nitrogens with zero attached hydrogens (tertiary/aromatic N) is 3. The smallest absolute Gasteiger partial charge is 0.141 e. The molecule has 1 saturated heterocycles. The van der Waals surface area contributed by atoms with Crippen molar-refractivity contribution in [2.45, 2.75) is 18.9 Å². The molecule has 1 aromatic rings. The van der Waals surface area contributed by atoms with Crippen LogP contribution < -0.4 is 5.73 Å². The summed E-state index contributed by atoms with van der Waals surface area (Å²) >= 11 is 0. The second-order valence-electron chi connectivity index (χ2n) is 3.50. The van der Waals surface area contributed by atoms with E-state index >= 15 is 0 Å². The lowest BCUT2D eigenvalue weighted by atomic mass is 10.1. The maximum absolute atomic E-state index is 5.47. The van der Waals surface area contributed by atoms with Crippen molar-refractivity contribution in [1.82, 2.24) is 14.9 Å². The van der Waals surface area contributed by atoms with Crippen LogP contribution in [0.4, 0.5) is 5.82 Å². The van der Waals surface area contributed by atoms with Crippen LogP contribution in [0.25, 0.3) is 0 Å². The average Bonchev–Trinajstić information content (AvgIpc) is 2.53. The van der Waals surface area contributed by atoms with Gasteiger partial charge >= 0.3 is 0 Å². The van der Waals surface area contributed by atoms with Gasteiger partial charge in [0.05, 0.1) is 24.1 Å². The van der Waals surface area contributed by atoms with Crippen LogP contribution in [0.1, 0.15) is 24.6 Å². The standard InChI is InChI=1S/C9H14N4/c1-13-4-2-3-8(13)7-5-12-9(10)6-11-7/h5-6,8H,2-4H2,1H3,(H2,10,12). The van der Waals surface area contributed by atoms with Crippen molar-refractivity contribution in [2.24, 2.45) is 0 Å². The van der Waals surface area contributed by atoms with Crippen molar-refractivity contribution in [2.75, 3.05) is 19.3 Å². The van der Waals surface area contributed by atoms with Gasteiger partial charge in [-0.2, -0.15) is 0 Å². The molecule has 1 atom stereocenters. The van der Waals surface area contributed by atoms with Crippen molar-refractivity contribution in [3.05, 3.63) is 18.1 Å². The van der Waals surface area contributed by atoms with Gasteiger partial charge in [-0.25, -0.2) is 4.98 Å². The molecule has 13 heavy (non-hydrogen) atoms. The second kappa shape index (κ2) is 3.30. The largest absolute Gasteiger partial charge is 0.382 e. The topological polar surface area (TPSA) is 55.0 Å². The molecule has 1 fully saturated rings. The van der Waals surface area contributed by atoms with Gasteiger partial charge in [0.15, 0.2) is 0 Å². The van der Waals surface area contributed by atoms with E-state index in [4.69, 9.17) is 5.73 Å². The molecule has 0 bridgehead atoms. The molecule has 0 saturated carbocycles. The maximum atomic E-state index is 5.47. The molecule has 2 rings (SSSR count). The fourth-order valence-electron chi connectivity index (χ4n) is 1.80. The molecule has 4 heteroatoms. The SMILES string of the molecule is CN1CCCC1c1cnc(N)cn1. The van der Waals surface area contributed by atoms with E-state index in [-0.39, 0.29) is 0 Å². The first-order chi connectivity index (χ1) is 6.27. The Labute approximate surface area is 77.8 Å². The van der Waals surface area contributed by atoms with Crippen LogP contribution in [0.3, 0.4) is 0 Å². The van der Waals surface area contributed by atoms with Gasteiger partial charge < -0.3 is 5.73 Å². The molecule has 0 spiro atoms. The quantitative estimate of drug-likeness (QED) is 0.692. The number of aromatic nitrogens is 2. The van der Waals surface area contributed by atoms with Crippen LogP contribution in [0, 0.1) is 0 Å². The van der Waals surface area contributed by atoms with E-state index in [1.165, 1.54) is 12.8 Å². The van der Waals surface area contributed by atoms with Gasteiger partial charge in [-0.15, -0.1) is 0 Å². The minimum Gasteiger partial charge on any atom is -0.382 e. The summed E-state index contributed by atoms with van der Waals surface area (Å²) in [4.78, 5) is 10.6. The van der Waals surface area contributed by atoms with Crippen molar-refractivity contribution < 1.29 is 0 Å². The highest BCUT2D eigenvalue weighted by Crippen LogP contribution is 2.28. The van der Waals surface area contributed by atoms with E-state index in [1.54, 1.807) is 12.4 Å². The fraction of sp³-hybridized carbons (Fsp3) is 0.556. The Kier molecular flexibility index (Phi) is 2.14. The highest BCUT2D eigenvalue weighted by molar-refractivity contribution is 5.23. The zero-order valence-corrected chi connectivity index (χ0v) is 7.77. The van der Waals surface area contributed by atoms with Crippen molar-refractivity contribution in [3.8, 4) is 0 Å². The summed E-state index contributed by atoms with van der Waals surface area (Å²) in [5.74, 6) is 0.490. The van der Waals surface area contributed by atoms with Crippen molar-refractivity contribution in [3.63, 3.8) is 0 Å². The number of anilines is 1. The highest BCUT2D eigenvalue weighted by atomic mass is 15.2. The highest BCUT2D eigenvalue weighted by Gasteiger charge is 2.23. The fourth-order valence-corrected chi connectivity index (χ4v) is 1.80. The number of hydrogen-bond donors (Lipinski definition) is 1. The van der Waals surface area contributed by atoms with Crippen LogP contribution in [0.5, 0.6) is 0 Å². The monoisotopic (exact) mass is 178 g/mol. The summed E-state index contributed by atoms with van der Waals surface area (Å²) in [6, 6.07) is 0.438. The second-order valence-corrected chi connectivity index (χ2v) is 3.50. The third-order valence-corrected chi connectivity index (χ3v) is 2.55. The minimum absolute atomic E-state index is 0.438. The zero-order chi connectivity index (χ0) is 9.26. The Balaban J connectivity index is 2.20. The normalized spacial score (nSPS) is 23.6. The summed E-state index contributed by atoms with van der Waals surface area (Å²) in [6.45, 7) is 1.15. The van der Waals surface area contributed by atoms with Crippen molar-refractivity contribution >= 4 is 5.82 Å². The predicted octanol–water partition coefficient (Wildman–Crippen LogP) is 0.826. The van der Waals surface area contributed by atoms with E-state index in [0.29, 0.717) is 11.9 Å². The maximum Gasteiger partial charge on any atom is 0.141 e. The van der Waals surface area contributed by atoms with Crippen LogP contribution in [0.2, 0.25) is 0 Å². The Morgan fingerprint density at radius 1 is 1.46 bits per heavy atom. The molecule has 2 heterocycles. The zero-order valence-electron chi connectivity index (χ0n) is 7.77. The molecular formula is C9H14N4. The molecular weight excluding hydrogens is 164 g/mol. The van der Waals surface area contributed by atoms with Gasteiger partial charge in [0.2, 0.25) is 0 Å². The van der Waals surface area contributed by atoms with Gasteiger partial charge in [-0.3, -0.25) is 9.88 Å². The first-order valence-corrected chi connectivity index (χ1v) is 4.55. The number of nitrogens with two attached hydrogens (primary N) is 1. The van der Waals surface area contributed by atoms with Crippen LogP contribution in [-0.4, -0.2) is 28.5 Å². The van der Waals surface area contributed by atoms with E-state index < -0.39 is 0 Å². The van der Waals surface area contributed by atoms with Gasteiger partial charge in [-0.1, -0.05) is 0 Å². The van der Waals surface area contributed by atoms with Crippen LogP contribution >= 0.6 is 0 Å². The number of hydrogen-bond acceptors (Lipinski definition) is 4. The summed E-state index contributed by atoms with van der Waals surface area (Å²) < 4.78 is 0. The molecule has 70 valence electrons. The van der Waals surface area contributed by atoms with Crippen LogP contribution in [0.15, 0.2) is 12.4 Å². The van der Waals surface area contributed by atoms with E-state index in [1.807, 2.05) is 0 Å². The molecule has 4 nitrogen and oxygen atoms in total. The summed E-state index contributed by atoms with van der Waals surface area (Å²) in [7, 11) is 2.12. The minimum atomic E-state index is 0.438. The lowest BCUT2D eigenvalue weighted by Crippen LogP contribution is -2.18. The number of likely N-dealkylation sites (tertiary alicyclic amines) is 1. The first-order valence-electron chi connectivity index (χ1n) is 4.55. The number of nitrogen functional groups attached to an aromatic ring is 1. The average molecular weight is 178 g/mol. The third-order valence-electron chi connectivity index (χ3n) is 2.55. The molecule has 1 unspecified atom stereocenters. The Morgan fingerprint density at radius 3 is 2.85 bits per heavy atom. The molecule has 0 radical (unpaired) electrons. The van der Waals surface area contributed by atoms with Crippen LogP contribution in [-0.2, 0) is 0 Å². The molecule has 0 aromatic carbocycles. The molecule has 1 aliphatic rings. The molecule has 1 aromatic heterocycles. The molecule has 1 aliphatic heterocycles. The lowest BCUT2D eigenvalue weighted by molar-refractivity contribution is 0.311. The van der Waals surface area contributed by atoms with E-state index in [9.17, 15) is 0 Å². The van der Waals surface area contributed by atoms with Gasteiger partial charge in [-0.05, 0) is 26.4 Å². The van der Waals surface area contributed by atoms with Gasteiger partial charge in [0, 0.05) is 0 Å². The summed E-state index contributed by atoms with van der Waals surface area (Å²) in [5.41, 5.74) is 6.51. The Hall–Kier alpha value is -1.16. The summed E-state index contributed by atoms with van der Waals surface area (Å²) in [5, 5.41) is 0. The first kappa shape index (κ1) is 8.44. The summed E-state index contributed by atoms with van der Waals surface area (Å²) in [6.07, 6.45) is 5.83. The Morgan fingerprint density at radius 2 is 2.31 bits per heavy atom. The molecule has 2 N–H and O–H groups in total. The third kappa shape index (κ3) is 1.62. The van der Waals surface area contributed by atoms with E-state index in [0.717, 1.165) is 12.2 Å². The molecule has 0 aliphatic carbocycles. The van der Waals surface area contributed by atoms with Gasteiger partial charge in [0.25, 0.3) is 0 Å². The Bertz CT molecular complexity index is 282. The number of rotatable bonds is 1. The van der Waals surface area contributed by atoms with Gasteiger partial charge in [0.1, 0.15) is 5.82 Å². The van der Waals surface area contributed by atoms with Crippen molar-refractivity contribution in [1.29, 1.82) is 0 Å².